The summed E-state index contributed by atoms with van der Waals surface area (Å²) in [6.07, 6.45) is 4.35. The number of aryl methyl sites for hydroxylation is 1. The van der Waals surface area contributed by atoms with Crippen molar-refractivity contribution in [2.24, 2.45) is 10.7 Å². The van der Waals surface area contributed by atoms with E-state index in [2.05, 4.69) is 35.0 Å². The fraction of sp³-hybridized carbons (Fsp3) is 0.562. The normalized spacial score (nSPS) is 24.7. The average Bonchev–Trinajstić information content (AvgIpc) is 2.76. The lowest BCUT2D eigenvalue weighted by molar-refractivity contribution is 0.176. The third-order valence-electron chi connectivity index (χ3n) is 4.62. The van der Waals surface area contributed by atoms with Crippen LogP contribution in [0.3, 0.4) is 0 Å². The first-order valence-electron chi connectivity index (χ1n) is 7.42. The molecule has 3 rings (SSSR count). The first-order valence-corrected chi connectivity index (χ1v) is 7.42. The lowest BCUT2D eigenvalue weighted by Gasteiger charge is -2.42. The summed E-state index contributed by atoms with van der Waals surface area (Å²) in [7, 11) is 1.72. The molecule has 2 N–H and O–H groups in total. The van der Waals surface area contributed by atoms with E-state index in [0.29, 0.717) is 0 Å². The van der Waals surface area contributed by atoms with Gasteiger partial charge in [0, 0.05) is 6.54 Å². The summed E-state index contributed by atoms with van der Waals surface area (Å²) in [5, 5.41) is 0. The Labute approximate surface area is 120 Å². The third kappa shape index (κ3) is 2.03. The number of rotatable bonds is 3. The summed E-state index contributed by atoms with van der Waals surface area (Å²) in [6, 6.07) is 6.43. The molecule has 0 fully saturated rings. The molecule has 2 aliphatic rings. The maximum absolute atomic E-state index is 6.10. The zero-order chi connectivity index (χ0) is 14.2. The minimum absolute atomic E-state index is 0.0967. The monoisotopic (exact) mass is 273 g/mol. The minimum Gasteiger partial charge on any atom is -0.497 e. The van der Waals surface area contributed by atoms with Gasteiger partial charge in [0.2, 0.25) is 0 Å². The first-order chi connectivity index (χ1) is 9.68. The summed E-state index contributed by atoms with van der Waals surface area (Å²) in [4.78, 5) is 6.85. The van der Waals surface area contributed by atoms with E-state index in [1.165, 1.54) is 11.1 Å². The average molecular weight is 273 g/mol. The lowest BCUT2D eigenvalue weighted by Crippen LogP contribution is -2.54. The van der Waals surface area contributed by atoms with Crippen molar-refractivity contribution in [3.05, 3.63) is 29.3 Å². The van der Waals surface area contributed by atoms with E-state index >= 15 is 0 Å². The van der Waals surface area contributed by atoms with E-state index < -0.39 is 0 Å². The number of hydrogen-bond donors (Lipinski definition) is 1. The molecule has 0 bridgehead atoms. The van der Waals surface area contributed by atoms with Crippen molar-refractivity contribution in [1.82, 2.24) is 4.90 Å². The number of benzene rings is 1. The molecule has 1 aliphatic carbocycles. The van der Waals surface area contributed by atoms with Crippen molar-refractivity contribution < 1.29 is 4.74 Å². The molecule has 20 heavy (non-hydrogen) atoms. The highest BCUT2D eigenvalue weighted by molar-refractivity contribution is 5.81. The summed E-state index contributed by atoms with van der Waals surface area (Å²) >= 11 is 0. The Kier molecular flexibility index (Phi) is 3.32. The number of guanidine groups is 1. The first kappa shape index (κ1) is 13.3. The molecule has 1 aromatic rings. The van der Waals surface area contributed by atoms with Crippen molar-refractivity contribution in [2.75, 3.05) is 20.2 Å². The van der Waals surface area contributed by atoms with Gasteiger partial charge in [-0.2, -0.15) is 0 Å². The molecule has 1 heterocycles. The van der Waals surface area contributed by atoms with E-state index in [-0.39, 0.29) is 5.54 Å². The van der Waals surface area contributed by atoms with Crippen molar-refractivity contribution in [3.8, 4) is 5.75 Å². The van der Waals surface area contributed by atoms with Gasteiger partial charge in [-0.3, -0.25) is 4.99 Å². The van der Waals surface area contributed by atoms with Gasteiger partial charge in [-0.1, -0.05) is 13.0 Å². The molecule has 4 nitrogen and oxygen atoms in total. The number of aliphatic imine (C=N–C) groups is 1. The van der Waals surface area contributed by atoms with Crippen LogP contribution in [-0.4, -0.2) is 36.6 Å². The molecule has 1 aromatic carbocycles. The van der Waals surface area contributed by atoms with Gasteiger partial charge in [0.05, 0.1) is 19.2 Å². The zero-order valence-corrected chi connectivity index (χ0v) is 12.4. The molecular formula is C16H23N3O. The number of fused-ring (bicyclic) bond motifs is 1. The summed E-state index contributed by atoms with van der Waals surface area (Å²) in [5.74, 6) is 1.66. The Morgan fingerprint density at radius 1 is 1.40 bits per heavy atom. The highest BCUT2D eigenvalue weighted by Gasteiger charge is 2.43. The van der Waals surface area contributed by atoms with Crippen molar-refractivity contribution in [3.63, 3.8) is 0 Å². The highest BCUT2D eigenvalue weighted by Crippen LogP contribution is 2.37. The van der Waals surface area contributed by atoms with Gasteiger partial charge >= 0.3 is 0 Å². The van der Waals surface area contributed by atoms with Gasteiger partial charge in [-0.25, -0.2) is 0 Å². The van der Waals surface area contributed by atoms with Crippen LogP contribution < -0.4 is 10.5 Å². The van der Waals surface area contributed by atoms with Crippen molar-refractivity contribution in [1.29, 1.82) is 0 Å². The Balaban J connectivity index is 1.90. The number of nitrogens with two attached hydrogens (primary N) is 1. The van der Waals surface area contributed by atoms with Gasteiger partial charge in [-0.05, 0) is 48.9 Å². The van der Waals surface area contributed by atoms with Gasteiger partial charge in [0.1, 0.15) is 5.75 Å². The molecule has 0 radical (unpaired) electrons. The molecular weight excluding hydrogens is 250 g/mol. The van der Waals surface area contributed by atoms with Gasteiger partial charge in [-0.15, -0.1) is 0 Å². The van der Waals surface area contributed by atoms with Gasteiger partial charge < -0.3 is 15.4 Å². The van der Waals surface area contributed by atoms with Crippen LogP contribution >= 0.6 is 0 Å². The second kappa shape index (κ2) is 5.00. The fourth-order valence-corrected chi connectivity index (χ4v) is 3.53. The predicted octanol–water partition coefficient (Wildman–Crippen LogP) is 1.96. The van der Waals surface area contributed by atoms with Crippen LogP contribution in [0.2, 0.25) is 0 Å². The molecule has 0 amide bonds. The molecule has 1 atom stereocenters. The molecule has 0 aromatic heterocycles. The van der Waals surface area contributed by atoms with Crippen LogP contribution in [0.5, 0.6) is 5.75 Å². The highest BCUT2D eigenvalue weighted by atomic mass is 16.5. The largest absolute Gasteiger partial charge is 0.497 e. The zero-order valence-electron chi connectivity index (χ0n) is 12.4. The maximum Gasteiger partial charge on any atom is 0.191 e. The van der Waals surface area contributed by atoms with Gasteiger partial charge in [0.15, 0.2) is 5.96 Å². The quantitative estimate of drug-likeness (QED) is 0.916. The number of ether oxygens (including phenoxy) is 1. The Morgan fingerprint density at radius 2 is 2.25 bits per heavy atom. The number of nitrogens with zero attached hydrogens (tertiary/aromatic N) is 2. The minimum atomic E-state index is 0.0967. The topological polar surface area (TPSA) is 50.8 Å². The fourth-order valence-electron chi connectivity index (χ4n) is 3.53. The Bertz CT molecular complexity index is 541. The number of methoxy groups -OCH3 is 1. The Hall–Kier alpha value is -1.71. The third-order valence-corrected chi connectivity index (χ3v) is 4.62. The summed E-state index contributed by atoms with van der Waals surface area (Å²) < 4.78 is 5.36. The standard InChI is InChI=1S/C16H23N3O/c1-3-8-19-15(17)18-11-16(19)7-6-12-4-5-14(20-2)9-13(12)10-16/h4-5,9H,3,6-8,10-11H2,1-2H3,(H2,17,18). The molecule has 108 valence electrons. The second-order valence-corrected chi connectivity index (χ2v) is 5.86. The summed E-state index contributed by atoms with van der Waals surface area (Å²) in [5.41, 5.74) is 9.03. The van der Waals surface area contributed by atoms with Crippen LogP contribution in [0.25, 0.3) is 0 Å². The molecule has 1 unspecified atom stereocenters. The van der Waals surface area contributed by atoms with Crippen LogP contribution in [0.4, 0.5) is 0 Å². The van der Waals surface area contributed by atoms with Crippen LogP contribution in [0.15, 0.2) is 23.2 Å². The van der Waals surface area contributed by atoms with E-state index in [4.69, 9.17) is 10.5 Å². The second-order valence-electron chi connectivity index (χ2n) is 5.86. The van der Waals surface area contributed by atoms with Crippen molar-refractivity contribution in [2.45, 2.75) is 38.1 Å². The van der Waals surface area contributed by atoms with Gasteiger partial charge in [0.25, 0.3) is 0 Å². The van der Waals surface area contributed by atoms with E-state index in [1.807, 2.05) is 0 Å². The molecule has 1 spiro atoms. The molecule has 0 saturated heterocycles. The molecule has 1 aliphatic heterocycles. The van der Waals surface area contributed by atoms with Crippen molar-refractivity contribution >= 4 is 5.96 Å². The maximum atomic E-state index is 6.10. The smallest absolute Gasteiger partial charge is 0.191 e. The van der Waals surface area contributed by atoms with E-state index in [0.717, 1.165) is 50.5 Å². The Morgan fingerprint density at radius 3 is 3.00 bits per heavy atom. The molecule has 4 heteroatoms. The van der Waals surface area contributed by atoms with E-state index in [1.54, 1.807) is 7.11 Å². The number of hydrogen-bond acceptors (Lipinski definition) is 4. The SMILES string of the molecule is CCCN1C(N)=NCC12CCc1ccc(OC)cc1C2. The summed E-state index contributed by atoms with van der Waals surface area (Å²) in [6.45, 7) is 4.02. The van der Waals surface area contributed by atoms with Crippen LogP contribution in [0.1, 0.15) is 30.9 Å². The van der Waals surface area contributed by atoms with Crippen LogP contribution in [0, 0.1) is 0 Å². The molecule has 0 saturated carbocycles. The predicted molar refractivity (Wildman–Crippen MR) is 81.2 cm³/mol. The van der Waals surface area contributed by atoms with E-state index in [9.17, 15) is 0 Å². The van der Waals surface area contributed by atoms with Crippen LogP contribution in [-0.2, 0) is 12.8 Å². The lowest BCUT2D eigenvalue weighted by atomic mass is 9.77.